The smallest absolute Gasteiger partial charge is 0.389 e. The average molecular weight is 242 g/mol. The first-order valence-electron chi connectivity index (χ1n) is 5.14. The van der Waals surface area contributed by atoms with E-state index in [9.17, 15) is 14.9 Å². The molecule has 0 saturated carbocycles. The zero-order valence-corrected chi connectivity index (χ0v) is 9.37. The molecule has 0 fully saturated rings. The molecule has 94 valence electrons. The molecule has 0 aromatic carbocycles. The largest absolute Gasteiger partial charge is 0.394 e. The molecule has 0 aliphatic rings. The average Bonchev–Trinajstić information content (AvgIpc) is 2.74. The summed E-state index contributed by atoms with van der Waals surface area (Å²) in [5.74, 6) is -0.643. The van der Waals surface area contributed by atoms with Crippen molar-refractivity contribution in [3.05, 3.63) is 22.4 Å². The second-order valence-electron chi connectivity index (χ2n) is 3.48. The Morgan fingerprint density at radius 3 is 2.94 bits per heavy atom. The Kier molecular flexibility index (Phi) is 4.58. The lowest BCUT2D eigenvalue weighted by Crippen LogP contribution is -2.38. The number of carbonyl (C=O) groups excluding carboxylic acids is 1. The van der Waals surface area contributed by atoms with Crippen LogP contribution in [0.15, 0.2) is 12.3 Å². The number of carbonyl (C=O) groups is 1. The summed E-state index contributed by atoms with van der Waals surface area (Å²) in [5, 5.41) is 25.4. The molecule has 17 heavy (non-hydrogen) atoms. The molecule has 0 radical (unpaired) electrons. The third-order valence-corrected chi connectivity index (χ3v) is 2.20. The molecule has 0 unspecified atom stereocenters. The number of amides is 1. The van der Waals surface area contributed by atoms with Gasteiger partial charge in [-0.3, -0.25) is 4.79 Å². The molecule has 0 saturated heterocycles. The van der Waals surface area contributed by atoms with Gasteiger partial charge in [0.2, 0.25) is 5.91 Å². The minimum absolute atomic E-state index is 0.107. The number of hydrogen-bond acceptors (Lipinski definition) is 5. The predicted octanol–water partition coefficient (Wildman–Crippen LogP) is -0.322. The highest BCUT2D eigenvalue weighted by atomic mass is 16.6. The maximum atomic E-state index is 11.5. The van der Waals surface area contributed by atoms with Crippen molar-refractivity contribution in [2.75, 3.05) is 6.61 Å². The Morgan fingerprint density at radius 2 is 2.47 bits per heavy atom. The lowest BCUT2D eigenvalue weighted by atomic mass is 10.2. The first-order chi connectivity index (χ1) is 8.06. The van der Waals surface area contributed by atoms with Gasteiger partial charge in [0.25, 0.3) is 0 Å². The number of nitrogens with zero attached hydrogens (tertiary/aromatic N) is 3. The normalized spacial score (nSPS) is 12.1. The Labute approximate surface area is 97.4 Å². The molecule has 2 N–H and O–H groups in total. The molecule has 1 aromatic heterocycles. The molecule has 8 heteroatoms. The van der Waals surface area contributed by atoms with Gasteiger partial charge in [0.1, 0.15) is 6.54 Å². The van der Waals surface area contributed by atoms with E-state index in [0.29, 0.717) is 6.42 Å². The molecule has 1 amide bonds. The lowest BCUT2D eigenvalue weighted by molar-refractivity contribution is -0.389. The Balaban J connectivity index is 2.52. The van der Waals surface area contributed by atoms with E-state index in [-0.39, 0.29) is 30.9 Å². The molecule has 8 nitrogen and oxygen atoms in total. The van der Waals surface area contributed by atoms with Gasteiger partial charge in [-0.05, 0) is 11.3 Å². The summed E-state index contributed by atoms with van der Waals surface area (Å²) in [4.78, 5) is 21.2. The number of aromatic nitrogens is 2. The van der Waals surface area contributed by atoms with Crippen LogP contribution in [0.2, 0.25) is 0 Å². The van der Waals surface area contributed by atoms with Crippen molar-refractivity contribution >= 4 is 11.7 Å². The summed E-state index contributed by atoms with van der Waals surface area (Å²) < 4.78 is 1.18. The number of aliphatic hydroxyl groups is 1. The fraction of sp³-hybridized carbons (Fsp3) is 0.556. The summed E-state index contributed by atoms with van der Waals surface area (Å²) in [6.45, 7) is 1.59. The molecule has 0 spiro atoms. The summed E-state index contributed by atoms with van der Waals surface area (Å²) in [6.07, 6.45) is 1.97. The van der Waals surface area contributed by atoms with Gasteiger partial charge in [0, 0.05) is 0 Å². The summed E-state index contributed by atoms with van der Waals surface area (Å²) in [5.41, 5.74) is 0. The molecule has 0 aliphatic heterocycles. The molecule has 1 atom stereocenters. The highest BCUT2D eigenvalue weighted by Gasteiger charge is 2.15. The van der Waals surface area contributed by atoms with Crippen LogP contribution in [0.5, 0.6) is 0 Å². The van der Waals surface area contributed by atoms with Crippen LogP contribution in [-0.2, 0) is 11.3 Å². The van der Waals surface area contributed by atoms with E-state index >= 15 is 0 Å². The van der Waals surface area contributed by atoms with Crippen LogP contribution in [-0.4, -0.2) is 38.4 Å². The zero-order valence-electron chi connectivity index (χ0n) is 9.37. The standard InChI is InChI=1S/C9H14N4O4/c1-2-7(6-14)10-9(15)5-12-4-3-8(11-12)13(16)17/h3-4,7,14H,2,5-6H2,1H3,(H,10,15)/t7-/m1/s1. The van der Waals surface area contributed by atoms with Crippen LogP contribution < -0.4 is 5.32 Å². The molecule has 0 aliphatic carbocycles. The van der Waals surface area contributed by atoms with Gasteiger partial charge in [-0.25, -0.2) is 0 Å². The van der Waals surface area contributed by atoms with Gasteiger partial charge < -0.3 is 20.5 Å². The van der Waals surface area contributed by atoms with Crippen molar-refractivity contribution in [1.82, 2.24) is 15.1 Å². The van der Waals surface area contributed by atoms with E-state index < -0.39 is 4.92 Å². The molecule has 0 bridgehead atoms. The number of nitro groups is 1. The summed E-state index contributed by atoms with van der Waals surface area (Å²) in [7, 11) is 0. The van der Waals surface area contributed by atoms with E-state index in [1.165, 1.54) is 16.9 Å². The van der Waals surface area contributed by atoms with E-state index in [2.05, 4.69) is 10.4 Å². The molecule has 1 rings (SSSR count). The van der Waals surface area contributed by atoms with Crippen LogP contribution in [0.1, 0.15) is 13.3 Å². The van der Waals surface area contributed by atoms with Crippen LogP contribution >= 0.6 is 0 Å². The van der Waals surface area contributed by atoms with Crippen molar-refractivity contribution in [2.45, 2.75) is 25.9 Å². The third-order valence-electron chi connectivity index (χ3n) is 2.20. The van der Waals surface area contributed by atoms with Crippen LogP contribution in [0.25, 0.3) is 0 Å². The van der Waals surface area contributed by atoms with E-state index in [0.717, 1.165) is 0 Å². The van der Waals surface area contributed by atoms with Gasteiger partial charge in [-0.1, -0.05) is 6.92 Å². The molecule has 1 aromatic rings. The Morgan fingerprint density at radius 1 is 1.76 bits per heavy atom. The monoisotopic (exact) mass is 242 g/mol. The van der Waals surface area contributed by atoms with Crippen molar-refractivity contribution in [3.8, 4) is 0 Å². The second-order valence-corrected chi connectivity index (χ2v) is 3.48. The maximum absolute atomic E-state index is 11.5. The van der Waals surface area contributed by atoms with Crippen LogP contribution in [0, 0.1) is 10.1 Å². The van der Waals surface area contributed by atoms with E-state index in [1.54, 1.807) is 0 Å². The van der Waals surface area contributed by atoms with Crippen molar-refractivity contribution in [2.24, 2.45) is 0 Å². The van der Waals surface area contributed by atoms with Gasteiger partial charge in [-0.15, -0.1) is 0 Å². The van der Waals surface area contributed by atoms with Crippen LogP contribution in [0.3, 0.4) is 0 Å². The molecule has 1 heterocycles. The van der Waals surface area contributed by atoms with E-state index in [4.69, 9.17) is 5.11 Å². The van der Waals surface area contributed by atoms with Crippen LogP contribution in [0.4, 0.5) is 5.82 Å². The number of hydrogen-bond donors (Lipinski definition) is 2. The number of rotatable bonds is 6. The van der Waals surface area contributed by atoms with Gasteiger partial charge >= 0.3 is 5.82 Å². The fourth-order valence-electron chi connectivity index (χ4n) is 1.23. The van der Waals surface area contributed by atoms with Gasteiger partial charge in [-0.2, -0.15) is 4.68 Å². The van der Waals surface area contributed by atoms with Crippen molar-refractivity contribution in [1.29, 1.82) is 0 Å². The first-order valence-corrected chi connectivity index (χ1v) is 5.14. The van der Waals surface area contributed by atoms with Gasteiger partial charge in [0.05, 0.1) is 30.0 Å². The fourth-order valence-corrected chi connectivity index (χ4v) is 1.23. The number of aliphatic hydroxyl groups excluding tert-OH is 1. The summed E-state index contributed by atoms with van der Waals surface area (Å²) >= 11 is 0. The zero-order chi connectivity index (χ0) is 12.8. The van der Waals surface area contributed by atoms with Crippen molar-refractivity contribution < 1.29 is 14.8 Å². The minimum Gasteiger partial charge on any atom is -0.394 e. The minimum atomic E-state index is -0.628. The van der Waals surface area contributed by atoms with Gasteiger partial charge in [0.15, 0.2) is 0 Å². The quantitative estimate of drug-likeness (QED) is 0.524. The van der Waals surface area contributed by atoms with E-state index in [1.807, 2.05) is 6.92 Å². The molecular formula is C9H14N4O4. The highest BCUT2D eigenvalue weighted by Crippen LogP contribution is 2.04. The van der Waals surface area contributed by atoms with Crippen molar-refractivity contribution in [3.63, 3.8) is 0 Å². The Bertz CT molecular complexity index is 399. The third kappa shape index (κ3) is 3.83. The topological polar surface area (TPSA) is 110 Å². The highest BCUT2D eigenvalue weighted by molar-refractivity contribution is 5.75. The SMILES string of the molecule is CC[C@H](CO)NC(=O)Cn1ccc([N+](=O)[O-])n1. The maximum Gasteiger partial charge on any atom is 0.389 e. The number of nitrogens with one attached hydrogen (secondary N) is 1. The lowest BCUT2D eigenvalue weighted by Gasteiger charge is -2.12. The predicted molar refractivity (Wildman–Crippen MR) is 58.2 cm³/mol. The summed E-state index contributed by atoms with van der Waals surface area (Å²) in [6, 6.07) is 0.921. The Hall–Kier alpha value is -1.96. The second kappa shape index (κ2) is 5.94. The molecular weight excluding hydrogens is 228 g/mol. The first kappa shape index (κ1) is 13.1.